The summed E-state index contributed by atoms with van der Waals surface area (Å²) in [6.07, 6.45) is 2.66. The van der Waals surface area contributed by atoms with Gasteiger partial charge in [-0.2, -0.15) is 0 Å². The molecule has 0 saturated carbocycles. The summed E-state index contributed by atoms with van der Waals surface area (Å²) in [5, 5.41) is 8.47. The summed E-state index contributed by atoms with van der Waals surface area (Å²) in [7, 11) is 0. The summed E-state index contributed by atoms with van der Waals surface area (Å²) in [6.45, 7) is 10.2. The van der Waals surface area contributed by atoms with Gasteiger partial charge in [-0.3, -0.25) is 4.79 Å². The highest BCUT2D eigenvalue weighted by Gasteiger charge is 2.39. The SMILES string of the molecule is C=CC(OCC)(C(C)CC(=O)CC)n1nnc2ccccc21. The maximum Gasteiger partial charge on any atom is 0.184 e. The van der Waals surface area contributed by atoms with Crippen LogP contribution in [-0.2, 0) is 15.3 Å². The van der Waals surface area contributed by atoms with Gasteiger partial charge >= 0.3 is 0 Å². The number of para-hydroxylation sites is 1. The van der Waals surface area contributed by atoms with E-state index in [-0.39, 0.29) is 11.7 Å². The summed E-state index contributed by atoms with van der Waals surface area (Å²) in [5.74, 6) is 0.102. The van der Waals surface area contributed by atoms with E-state index in [0.29, 0.717) is 19.4 Å². The largest absolute Gasteiger partial charge is 0.350 e. The number of hydrogen-bond acceptors (Lipinski definition) is 4. The number of nitrogens with zero attached hydrogens (tertiary/aromatic N) is 3. The zero-order chi connectivity index (χ0) is 16.2. The lowest BCUT2D eigenvalue weighted by Crippen LogP contribution is -2.42. The molecule has 0 aliphatic rings. The van der Waals surface area contributed by atoms with Gasteiger partial charge < -0.3 is 4.74 Å². The Morgan fingerprint density at radius 1 is 1.45 bits per heavy atom. The van der Waals surface area contributed by atoms with Crippen molar-refractivity contribution in [2.75, 3.05) is 6.61 Å². The van der Waals surface area contributed by atoms with Gasteiger partial charge in [0, 0.05) is 25.4 Å². The van der Waals surface area contributed by atoms with Crippen LogP contribution in [-0.4, -0.2) is 27.4 Å². The lowest BCUT2D eigenvalue weighted by Gasteiger charge is -2.36. The quantitative estimate of drug-likeness (QED) is 0.702. The van der Waals surface area contributed by atoms with E-state index in [1.807, 2.05) is 45.0 Å². The molecule has 0 radical (unpaired) electrons. The number of carbonyl (C=O) groups excluding carboxylic acids is 1. The maximum absolute atomic E-state index is 11.9. The second-order valence-corrected chi connectivity index (χ2v) is 5.38. The molecule has 2 unspecified atom stereocenters. The molecule has 1 heterocycles. The van der Waals surface area contributed by atoms with Gasteiger partial charge in [0.25, 0.3) is 0 Å². The van der Waals surface area contributed by atoms with E-state index in [1.165, 1.54) is 0 Å². The van der Waals surface area contributed by atoms with Crippen molar-refractivity contribution in [2.24, 2.45) is 5.92 Å². The monoisotopic (exact) mass is 301 g/mol. The Kier molecular flexibility index (Phi) is 5.08. The van der Waals surface area contributed by atoms with Crippen molar-refractivity contribution in [3.63, 3.8) is 0 Å². The van der Waals surface area contributed by atoms with Crippen LogP contribution >= 0.6 is 0 Å². The van der Waals surface area contributed by atoms with Crippen molar-refractivity contribution in [3.05, 3.63) is 36.9 Å². The Balaban J connectivity index is 2.53. The van der Waals surface area contributed by atoms with Crippen LogP contribution in [0.3, 0.4) is 0 Å². The molecule has 0 fully saturated rings. The molecule has 0 N–H and O–H groups in total. The fourth-order valence-electron chi connectivity index (χ4n) is 2.75. The Bertz CT molecular complexity index is 665. The number of ketones is 1. The summed E-state index contributed by atoms with van der Waals surface area (Å²) in [5.41, 5.74) is 0.782. The molecule has 22 heavy (non-hydrogen) atoms. The van der Waals surface area contributed by atoms with E-state index in [9.17, 15) is 4.79 Å². The molecule has 0 aliphatic carbocycles. The summed E-state index contributed by atoms with van der Waals surface area (Å²) >= 11 is 0. The highest BCUT2D eigenvalue weighted by Crippen LogP contribution is 2.34. The molecular formula is C17H23N3O2. The first-order valence-electron chi connectivity index (χ1n) is 7.69. The molecule has 2 rings (SSSR count). The zero-order valence-electron chi connectivity index (χ0n) is 13.5. The summed E-state index contributed by atoms with van der Waals surface area (Å²) < 4.78 is 7.77. The Morgan fingerprint density at radius 3 is 2.82 bits per heavy atom. The predicted molar refractivity (Wildman–Crippen MR) is 86.4 cm³/mol. The van der Waals surface area contributed by atoms with Crippen LogP contribution in [0.4, 0.5) is 0 Å². The number of aromatic nitrogens is 3. The Hall–Kier alpha value is -2.01. The van der Waals surface area contributed by atoms with Crippen LogP contribution < -0.4 is 0 Å². The Morgan fingerprint density at radius 2 is 2.18 bits per heavy atom. The number of benzene rings is 1. The van der Waals surface area contributed by atoms with Crippen molar-refractivity contribution in [3.8, 4) is 0 Å². The fraction of sp³-hybridized carbons (Fsp3) is 0.471. The molecule has 0 saturated heterocycles. The summed E-state index contributed by atoms with van der Waals surface area (Å²) in [4.78, 5) is 11.9. The molecule has 2 aromatic rings. The average molecular weight is 301 g/mol. The average Bonchev–Trinajstić information content (AvgIpc) is 2.96. The molecule has 0 spiro atoms. The molecule has 5 heteroatoms. The minimum absolute atomic E-state index is 0.0949. The van der Waals surface area contributed by atoms with Gasteiger partial charge in [0.2, 0.25) is 0 Å². The van der Waals surface area contributed by atoms with E-state index in [1.54, 1.807) is 10.8 Å². The molecular weight excluding hydrogens is 278 g/mol. The smallest absolute Gasteiger partial charge is 0.184 e. The third-order valence-corrected chi connectivity index (χ3v) is 3.99. The number of fused-ring (bicyclic) bond motifs is 1. The van der Waals surface area contributed by atoms with Crippen LogP contribution in [0.25, 0.3) is 11.0 Å². The second kappa shape index (κ2) is 6.83. The molecule has 5 nitrogen and oxygen atoms in total. The van der Waals surface area contributed by atoms with Gasteiger partial charge in [-0.25, -0.2) is 4.68 Å². The second-order valence-electron chi connectivity index (χ2n) is 5.38. The third-order valence-electron chi connectivity index (χ3n) is 3.99. The normalized spacial score (nSPS) is 15.4. The van der Waals surface area contributed by atoms with E-state index >= 15 is 0 Å². The molecule has 1 aromatic heterocycles. The molecule has 0 amide bonds. The van der Waals surface area contributed by atoms with Crippen molar-refractivity contribution >= 4 is 16.8 Å². The van der Waals surface area contributed by atoms with Crippen LogP contribution in [0.1, 0.15) is 33.6 Å². The van der Waals surface area contributed by atoms with Gasteiger partial charge in [-0.15, -0.1) is 5.10 Å². The van der Waals surface area contributed by atoms with Crippen LogP contribution in [0, 0.1) is 5.92 Å². The number of ether oxygens (including phenoxy) is 1. The minimum Gasteiger partial charge on any atom is -0.350 e. The Labute approximate surface area is 131 Å². The standard InChI is InChI=1S/C17H23N3O2/c1-5-14(21)12-13(4)17(6-2,22-7-3)20-16-11-9-8-10-15(16)18-19-20/h6,8-11,13H,2,5,7,12H2,1,3-4H3. The summed E-state index contributed by atoms with van der Waals surface area (Å²) in [6, 6.07) is 7.70. The predicted octanol–water partition coefficient (Wildman–Crippen LogP) is 3.31. The maximum atomic E-state index is 11.9. The number of rotatable bonds is 8. The van der Waals surface area contributed by atoms with E-state index < -0.39 is 5.72 Å². The number of Topliss-reactive ketones (excluding diaryl/α,β-unsaturated/α-hetero) is 1. The lowest BCUT2D eigenvalue weighted by molar-refractivity contribution is -0.131. The van der Waals surface area contributed by atoms with E-state index in [2.05, 4.69) is 16.9 Å². The van der Waals surface area contributed by atoms with Crippen LogP contribution in [0.2, 0.25) is 0 Å². The molecule has 0 bridgehead atoms. The fourth-order valence-corrected chi connectivity index (χ4v) is 2.75. The van der Waals surface area contributed by atoms with E-state index in [0.717, 1.165) is 11.0 Å². The first-order chi connectivity index (χ1) is 10.6. The van der Waals surface area contributed by atoms with Crippen molar-refractivity contribution in [1.82, 2.24) is 15.0 Å². The molecule has 118 valence electrons. The zero-order valence-corrected chi connectivity index (χ0v) is 13.5. The van der Waals surface area contributed by atoms with Gasteiger partial charge in [-0.1, -0.05) is 37.8 Å². The minimum atomic E-state index is -0.879. The number of carbonyl (C=O) groups is 1. The van der Waals surface area contributed by atoms with Crippen LogP contribution in [0.15, 0.2) is 36.9 Å². The van der Waals surface area contributed by atoms with Crippen molar-refractivity contribution < 1.29 is 9.53 Å². The van der Waals surface area contributed by atoms with Gasteiger partial charge in [-0.05, 0) is 25.1 Å². The third kappa shape index (κ3) is 2.81. The highest BCUT2D eigenvalue weighted by molar-refractivity contribution is 5.78. The lowest BCUT2D eigenvalue weighted by atomic mass is 9.91. The van der Waals surface area contributed by atoms with Gasteiger partial charge in [0.15, 0.2) is 5.72 Å². The van der Waals surface area contributed by atoms with E-state index in [4.69, 9.17) is 4.74 Å². The van der Waals surface area contributed by atoms with Crippen molar-refractivity contribution in [2.45, 2.75) is 39.3 Å². The van der Waals surface area contributed by atoms with Gasteiger partial charge in [0.1, 0.15) is 11.3 Å². The first-order valence-corrected chi connectivity index (χ1v) is 7.69. The topological polar surface area (TPSA) is 57.0 Å². The first kappa shape index (κ1) is 16.4. The van der Waals surface area contributed by atoms with Crippen molar-refractivity contribution in [1.29, 1.82) is 0 Å². The molecule has 1 aromatic carbocycles. The molecule has 2 atom stereocenters. The highest BCUT2D eigenvalue weighted by atomic mass is 16.5. The number of hydrogen-bond donors (Lipinski definition) is 0. The molecule has 0 aliphatic heterocycles. The van der Waals surface area contributed by atoms with Crippen LogP contribution in [0.5, 0.6) is 0 Å². The van der Waals surface area contributed by atoms with Gasteiger partial charge in [0.05, 0.1) is 5.52 Å².